The van der Waals surface area contributed by atoms with Gasteiger partial charge >= 0.3 is 5.97 Å². The first kappa shape index (κ1) is 16.3. The summed E-state index contributed by atoms with van der Waals surface area (Å²) in [6, 6.07) is 0.323. The normalized spacial score (nSPS) is 33.7. The Hall–Kier alpha value is -1.06. The first-order valence-corrected chi connectivity index (χ1v) is 8.52. The summed E-state index contributed by atoms with van der Waals surface area (Å²) in [7, 11) is 0. The number of amides is 1. The molecule has 1 amide bonds. The smallest absolute Gasteiger partial charge is 0.306 e. The third kappa shape index (κ3) is 4.21. The lowest BCUT2D eigenvalue weighted by atomic mass is 9.77. The van der Waals surface area contributed by atoms with Crippen molar-refractivity contribution in [1.29, 1.82) is 0 Å². The Morgan fingerprint density at radius 3 is 2.10 bits per heavy atom. The highest BCUT2D eigenvalue weighted by molar-refractivity contribution is 5.79. The molecule has 2 aliphatic rings. The third-order valence-electron chi connectivity index (χ3n) is 5.45. The molecule has 0 spiro atoms. The van der Waals surface area contributed by atoms with Gasteiger partial charge in [0.25, 0.3) is 0 Å². The first-order valence-electron chi connectivity index (χ1n) is 8.52. The molecule has 0 aromatic carbocycles. The molecule has 0 bridgehead atoms. The zero-order valence-corrected chi connectivity index (χ0v) is 13.3. The van der Waals surface area contributed by atoms with E-state index in [0.717, 1.165) is 19.3 Å². The molecule has 21 heavy (non-hydrogen) atoms. The van der Waals surface area contributed by atoms with Gasteiger partial charge in [0.2, 0.25) is 5.91 Å². The molecule has 4 heteroatoms. The SMILES string of the molecule is CC(C)C1CCCCC1NC(=O)C1CCC(C(=O)O)CC1. The lowest BCUT2D eigenvalue weighted by molar-refractivity contribution is -0.144. The van der Waals surface area contributed by atoms with Gasteiger partial charge in [-0.05, 0) is 50.4 Å². The van der Waals surface area contributed by atoms with Crippen LogP contribution in [0.2, 0.25) is 0 Å². The molecule has 2 atom stereocenters. The van der Waals surface area contributed by atoms with Crippen molar-refractivity contribution in [3.8, 4) is 0 Å². The highest BCUT2D eigenvalue weighted by atomic mass is 16.4. The molecule has 0 aromatic heterocycles. The Labute approximate surface area is 127 Å². The van der Waals surface area contributed by atoms with Crippen LogP contribution in [0.4, 0.5) is 0 Å². The molecule has 2 unspecified atom stereocenters. The second-order valence-electron chi connectivity index (χ2n) is 7.19. The summed E-state index contributed by atoms with van der Waals surface area (Å²) in [5.41, 5.74) is 0. The Kier molecular flexibility index (Phi) is 5.65. The van der Waals surface area contributed by atoms with Crippen molar-refractivity contribution in [2.24, 2.45) is 23.7 Å². The van der Waals surface area contributed by atoms with Crippen molar-refractivity contribution < 1.29 is 14.7 Å². The highest BCUT2D eigenvalue weighted by Crippen LogP contribution is 2.32. The fraction of sp³-hybridized carbons (Fsp3) is 0.882. The number of rotatable bonds is 4. The third-order valence-corrected chi connectivity index (χ3v) is 5.45. The fourth-order valence-corrected chi connectivity index (χ4v) is 4.04. The minimum Gasteiger partial charge on any atom is -0.481 e. The second-order valence-corrected chi connectivity index (χ2v) is 7.19. The fourth-order valence-electron chi connectivity index (χ4n) is 4.04. The maximum Gasteiger partial charge on any atom is 0.306 e. The van der Waals surface area contributed by atoms with E-state index in [9.17, 15) is 9.59 Å². The average molecular weight is 295 g/mol. The predicted octanol–water partition coefficient (Wildman–Crippen LogP) is 3.21. The average Bonchev–Trinajstić information content (AvgIpc) is 2.47. The largest absolute Gasteiger partial charge is 0.481 e. The zero-order chi connectivity index (χ0) is 15.4. The standard InChI is InChI=1S/C17H29NO3/c1-11(2)14-5-3-4-6-15(14)18-16(19)12-7-9-13(10-8-12)17(20)21/h11-15H,3-10H2,1-2H3,(H,18,19)(H,20,21). The molecule has 2 fully saturated rings. The van der Waals surface area contributed by atoms with Gasteiger partial charge in [0.15, 0.2) is 0 Å². The van der Waals surface area contributed by atoms with Crippen LogP contribution in [0.1, 0.15) is 65.2 Å². The number of carboxylic acid groups (broad SMARTS) is 1. The van der Waals surface area contributed by atoms with Gasteiger partial charge in [-0.15, -0.1) is 0 Å². The van der Waals surface area contributed by atoms with Gasteiger partial charge in [0.05, 0.1) is 5.92 Å². The van der Waals surface area contributed by atoms with Gasteiger partial charge < -0.3 is 10.4 Å². The molecular weight excluding hydrogens is 266 g/mol. The molecule has 2 aliphatic carbocycles. The van der Waals surface area contributed by atoms with Crippen molar-refractivity contribution in [2.75, 3.05) is 0 Å². The van der Waals surface area contributed by atoms with Crippen LogP contribution in [0, 0.1) is 23.7 Å². The second kappa shape index (κ2) is 7.28. The maximum atomic E-state index is 12.5. The molecule has 0 saturated heterocycles. The molecular formula is C17H29NO3. The van der Waals surface area contributed by atoms with E-state index in [2.05, 4.69) is 19.2 Å². The lowest BCUT2D eigenvalue weighted by Crippen LogP contribution is -2.46. The molecule has 120 valence electrons. The summed E-state index contributed by atoms with van der Waals surface area (Å²) in [5.74, 6) is 0.441. The van der Waals surface area contributed by atoms with Crippen LogP contribution in [0.3, 0.4) is 0 Å². The van der Waals surface area contributed by atoms with Crippen molar-refractivity contribution in [3.63, 3.8) is 0 Å². The Morgan fingerprint density at radius 1 is 0.952 bits per heavy atom. The lowest BCUT2D eigenvalue weighted by Gasteiger charge is -2.36. The minimum absolute atomic E-state index is 0.0235. The van der Waals surface area contributed by atoms with E-state index < -0.39 is 5.97 Å². The number of aliphatic carboxylic acids is 1. The molecule has 2 saturated carbocycles. The van der Waals surface area contributed by atoms with Crippen LogP contribution >= 0.6 is 0 Å². The molecule has 0 radical (unpaired) electrons. The first-order chi connectivity index (χ1) is 9.99. The molecule has 2 rings (SSSR count). The number of carbonyl (C=O) groups is 2. The summed E-state index contributed by atoms with van der Waals surface area (Å²) in [5, 5.41) is 12.3. The van der Waals surface area contributed by atoms with Gasteiger partial charge in [-0.3, -0.25) is 9.59 Å². The number of hydrogen-bond donors (Lipinski definition) is 2. The molecule has 0 aromatic rings. The van der Waals surface area contributed by atoms with E-state index >= 15 is 0 Å². The van der Waals surface area contributed by atoms with Gasteiger partial charge in [-0.2, -0.15) is 0 Å². The summed E-state index contributed by atoms with van der Waals surface area (Å²) in [6.07, 6.45) is 7.54. The summed E-state index contributed by atoms with van der Waals surface area (Å²) < 4.78 is 0. The Morgan fingerprint density at radius 2 is 1.52 bits per heavy atom. The van der Waals surface area contributed by atoms with Crippen LogP contribution in [-0.4, -0.2) is 23.0 Å². The molecule has 2 N–H and O–H groups in total. The van der Waals surface area contributed by atoms with Crippen molar-refractivity contribution >= 4 is 11.9 Å². The Bertz CT molecular complexity index is 372. The van der Waals surface area contributed by atoms with Gasteiger partial charge in [0.1, 0.15) is 0 Å². The Balaban J connectivity index is 1.85. The predicted molar refractivity (Wildman–Crippen MR) is 81.8 cm³/mol. The number of hydrogen-bond acceptors (Lipinski definition) is 2. The molecule has 0 heterocycles. The minimum atomic E-state index is -0.707. The van der Waals surface area contributed by atoms with Gasteiger partial charge in [-0.1, -0.05) is 26.7 Å². The van der Waals surface area contributed by atoms with Crippen LogP contribution in [0.25, 0.3) is 0 Å². The van der Waals surface area contributed by atoms with Crippen LogP contribution in [0.5, 0.6) is 0 Å². The summed E-state index contributed by atoms with van der Waals surface area (Å²) in [4.78, 5) is 23.4. The quantitative estimate of drug-likeness (QED) is 0.837. The van der Waals surface area contributed by atoms with Crippen molar-refractivity contribution in [3.05, 3.63) is 0 Å². The number of nitrogens with one attached hydrogen (secondary N) is 1. The summed E-state index contributed by atoms with van der Waals surface area (Å²) >= 11 is 0. The molecule has 0 aliphatic heterocycles. The van der Waals surface area contributed by atoms with Crippen LogP contribution in [-0.2, 0) is 9.59 Å². The van der Waals surface area contributed by atoms with Crippen molar-refractivity contribution in [2.45, 2.75) is 71.3 Å². The topological polar surface area (TPSA) is 66.4 Å². The van der Waals surface area contributed by atoms with Gasteiger partial charge in [-0.25, -0.2) is 0 Å². The molecule has 4 nitrogen and oxygen atoms in total. The monoisotopic (exact) mass is 295 g/mol. The van der Waals surface area contributed by atoms with E-state index in [0.29, 0.717) is 30.7 Å². The zero-order valence-electron chi connectivity index (χ0n) is 13.3. The van der Waals surface area contributed by atoms with Crippen molar-refractivity contribution in [1.82, 2.24) is 5.32 Å². The van der Waals surface area contributed by atoms with E-state index in [1.165, 1.54) is 19.3 Å². The van der Waals surface area contributed by atoms with Gasteiger partial charge in [0, 0.05) is 12.0 Å². The van der Waals surface area contributed by atoms with Crippen LogP contribution in [0.15, 0.2) is 0 Å². The van der Waals surface area contributed by atoms with E-state index in [1.54, 1.807) is 0 Å². The van der Waals surface area contributed by atoms with E-state index in [1.807, 2.05) is 0 Å². The number of carbonyl (C=O) groups excluding carboxylic acids is 1. The van der Waals surface area contributed by atoms with E-state index in [-0.39, 0.29) is 17.7 Å². The number of carboxylic acids is 1. The van der Waals surface area contributed by atoms with Crippen LogP contribution < -0.4 is 5.32 Å². The summed E-state index contributed by atoms with van der Waals surface area (Å²) in [6.45, 7) is 4.49. The maximum absolute atomic E-state index is 12.5. The van der Waals surface area contributed by atoms with E-state index in [4.69, 9.17) is 5.11 Å². The highest BCUT2D eigenvalue weighted by Gasteiger charge is 2.33.